The largest absolute Gasteiger partial charge is 0.318 e. The van der Waals surface area contributed by atoms with Crippen LogP contribution in [0, 0.1) is 0 Å². The Morgan fingerprint density at radius 1 is 1.44 bits per heavy atom. The van der Waals surface area contributed by atoms with E-state index >= 15 is 0 Å². The second kappa shape index (κ2) is 5.43. The number of benzene rings is 1. The molecule has 0 unspecified atom stereocenters. The molecule has 1 aromatic heterocycles. The number of thiazole rings is 1. The molecule has 1 amide bonds. The van der Waals surface area contributed by atoms with Crippen LogP contribution in [0.5, 0.6) is 0 Å². The van der Waals surface area contributed by atoms with E-state index in [-0.39, 0.29) is 5.91 Å². The van der Waals surface area contributed by atoms with Crippen LogP contribution in [-0.4, -0.2) is 10.5 Å². The van der Waals surface area contributed by atoms with Crippen LogP contribution in [0.25, 0.3) is 10.2 Å². The molecule has 0 bridgehead atoms. The van der Waals surface area contributed by atoms with Gasteiger partial charge < -0.3 is 4.57 Å². The van der Waals surface area contributed by atoms with Crippen LogP contribution in [0.3, 0.4) is 0 Å². The number of amides is 1. The maximum absolute atomic E-state index is 11.6. The van der Waals surface area contributed by atoms with Crippen molar-refractivity contribution in [2.45, 2.75) is 19.8 Å². The molecule has 0 saturated heterocycles. The van der Waals surface area contributed by atoms with E-state index in [9.17, 15) is 4.79 Å². The SMILES string of the molecule is CCCC(=O)N=c1sc2cc(Cl)cc(Cl)c2n1C. The summed E-state index contributed by atoms with van der Waals surface area (Å²) in [5.74, 6) is -0.109. The number of aryl methyl sites for hydroxylation is 1. The summed E-state index contributed by atoms with van der Waals surface area (Å²) < 4.78 is 2.75. The maximum Gasteiger partial charge on any atom is 0.248 e. The van der Waals surface area contributed by atoms with Gasteiger partial charge in [-0.1, -0.05) is 41.5 Å². The van der Waals surface area contributed by atoms with Crippen LogP contribution in [-0.2, 0) is 11.8 Å². The summed E-state index contributed by atoms with van der Waals surface area (Å²) in [6.07, 6.45) is 1.26. The average Bonchev–Trinajstić information content (AvgIpc) is 2.55. The van der Waals surface area contributed by atoms with Crippen molar-refractivity contribution in [3.63, 3.8) is 0 Å². The van der Waals surface area contributed by atoms with Gasteiger partial charge in [-0.15, -0.1) is 0 Å². The van der Waals surface area contributed by atoms with E-state index in [0.29, 0.717) is 21.3 Å². The number of halogens is 2. The van der Waals surface area contributed by atoms with Crippen LogP contribution < -0.4 is 4.80 Å². The molecule has 0 N–H and O–H groups in total. The monoisotopic (exact) mass is 302 g/mol. The predicted molar refractivity (Wildman–Crippen MR) is 76.3 cm³/mol. The van der Waals surface area contributed by atoms with E-state index in [4.69, 9.17) is 23.2 Å². The minimum absolute atomic E-state index is 0.109. The summed E-state index contributed by atoms with van der Waals surface area (Å²) in [4.78, 5) is 16.3. The van der Waals surface area contributed by atoms with Gasteiger partial charge in [-0.05, 0) is 18.6 Å². The smallest absolute Gasteiger partial charge is 0.248 e. The van der Waals surface area contributed by atoms with Crippen LogP contribution in [0.4, 0.5) is 0 Å². The van der Waals surface area contributed by atoms with Crippen LogP contribution in [0.2, 0.25) is 10.0 Å². The summed E-state index contributed by atoms with van der Waals surface area (Å²) in [6, 6.07) is 3.52. The molecule has 0 saturated carbocycles. The van der Waals surface area contributed by atoms with E-state index in [1.807, 2.05) is 24.6 Å². The van der Waals surface area contributed by atoms with E-state index in [2.05, 4.69) is 4.99 Å². The molecule has 0 aliphatic rings. The van der Waals surface area contributed by atoms with Crippen molar-refractivity contribution in [1.29, 1.82) is 0 Å². The van der Waals surface area contributed by atoms with Crippen molar-refractivity contribution in [1.82, 2.24) is 4.57 Å². The Bertz CT molecular complexity index is 673. The van der Waals surface area contributed by atoms with E-state index in [0.717, 1.165) is 16.6 Å². The number of carbonyl (C=O) groups excluding carboxylic acids is 1. The zero-order valence-electron chi connectivity index (χ0n) is 10.0. The van der Waals surface area contributed by atoms with Crippen LogP contribution >= 0.6 is 34.5 Å². The highest BCUT2D eigenvalue weighted by atomic mass is 35.5. The molecule has 1 aromatic carbocycles. The van der Waals surface area contributed by atoms with Gasteiger partial charge >= 0.3 is 0 Å². The first-order valence-corrected chi connectivity index (χ1v) is 7.12. The van der Waals surface area contributed by atoms with Gasteiger partial charge in [0.15, 0.2) is 4.80 Å². The Balaban J connectivity index is 2.64. The highest BCUT2D eigenvalue weighted by Gasteiger charge is 2.09. The second-order valence-electron chi connectivity index (χ2n) is 3.93. The third kappa shape index (κ3) is 2.60. The summed E-state index contributed by atoms with van der Waals surface area (Å²) in [7, 11) is 1.84. The Morgan fingerprint density at radius 3 is 2.83 bits per heavy atom. The van der Waals surface area contributed by atoms with Crippen molar-refractivity contribution in [3.05, 3.63) is 27.0 Å². The van der Waals surface area contributed by atoms with Crippen LogP contribution in [0.1, 0.15) is 19.8 Å². The molecule has 0 spiro atoms. The molecule has 2 rings (SSSR count). The average molecular weight is 303 g/mol. The lowest BCUT2D eigenvalue weighted by Gasteiger charge is -1.98. The molecule has 18 heavy (non-hydrogen) atoms. The zero-order valence-corrected chi connectivity index (χ0v) is 12.4. The minimum atomic E-state index is -0.109. The lowest BCUT2D eigenvalue weighted by atomic mass is 10.3. The Morgan fingerprint density at radius 2 is 2.17 bits per heavy atom. The summed E-state index contributed by atoms with van der Waals surface area (Å²) >= 11 is 13.5. The van der Waals surface area contributed by atoms with Crippen molar-refractivity contribution in [2.24, 2.45) is 12.0 Å². The predicted octanol–water partition coefficient (Wildman–Crippen LogP) is 3.77. The highest BCUT2D eigenvalue weighted by molar-refractivity contribution is 7.16. The van der Waals surface area contributed by atoms with Gasteiger partial charge in [0.1, 0.15) is 0 Å². The molecule has 96 valence electrons. The first-order valence-electron chi connectivity index (χ1n) is 5.55. The molecular weight excluding hydrogens is 291 g/mol. The molecule has 0 atom stereocenters. The lowest BCUT2D eigenvalue weighted by molar-refractivity contribution is -0.118. The number of carbonyl (C=O) groups is 1. The molecule has 0 aliphatic heterocycles. The van der Waals surface area contributed by atoms with Gasteiger partial charge in [0.25, 0.3) is 0 Å². The van der Waals surface area contributed by atoms with Crippen molar-refractivity contribution in [3.8, 4) is 0 Å². The molecule has 0 fully saturated rings. The maximum atomic E-state index is 11.6. The number of rotatable bonds is 2. The Labute approximate surface area is 119 Å². The number of fused-ring (bicyclic) bond motifs is 1. The molecule has 1 heterocycles. The second-order valence-corrected chi connectivity index (χ2v) is 5.79. The highest BCUT2D eigenvalue weighted by Crippen LogP contribution is 2.28. The third-order valence-corrected chi connectivity index (χ3v) is 4.09. The van der Waals surface area contributed by atoms with Gasteiger partial charge in [-0.25, -0.2) is 0 Å². The minimum Gasteiger partial charge on any atom is -0.318 e. The Kier molecular flexibility index (Phi) is 4.10. The normalized spacial score (nSPS) is 12.3. The first-order chi connectivity index (χ1) is 8.52. The summed E-state index contributed by atoms with van der Waals surface area (Å²) in [6.45, 7) is 1.95. The van der Waals surface area contributed by atoms with Crippen molar-refractivity contribution < 1.29 is 4.79 Å². The van der Waals surface area contributed by atoms with E-state index in [1.165, 1.54) is 11.3 Å². The van der Waals surface area contributed by atoms with Crippen molar-refractivity contribution >= 4 is 50.7 Å². The van der Waals surface area contributed by atoms with Gasteiger partial charge in [0.05, 0.1) is 15.2 Å². The van der Waals surface area contributed by atoms with Gasteiger partial charge in [-0.2, -0.15) is 4.99 Å². The van der Waals surface area contributed by atoms with E-state index < -0.39 is 0 Å². The molecule has 2 aromatic rings. The van der Waals surface area contributed by atoms with Gasteiger partial charge in [0.2, 0.25) is 5.91 Å². The molecular formula is C12H12Cl2N2OS. The number of aromatic nitrogens is 1. The van der Waals surface area contributed by atoms with E-state index in [1.54, 1.807) is 6.07 Å². The fourth-order valence-corrected chi connectivity index (χ4v) is 3.53. The molecule has 6 heteroatoms. The summed E-state index contributed by atoms with van der Waals surface area (Å²) in [5.41, 5.74) is 0.856. The molecule has 0 radical (unpaired) electrons. The number of nitrogens with zero attached hydrogens (tertiary/aromatic N) is 2. The Hall–Kier alpha value is -0.840. The van der Waals surface area contributed by atoms with Crippen molar-refractivity contribution in [2.75, 3.05) is 0 Å². The molecule has 3 nitrogen and oxygen atoms in total. The van der Waals surface area contributed by atoms with Gasteiger partial charge in [-0.3, -0.25) is 4.79 Å². The summed E-state index contributed by atoms with van der Waals surface area (Å²) in [5, 5.41) is 1.15. The quantitative estimate of drug-likeness (QED) is 0.831. The topological polar surface area (TPSA) is 34.4 Å². The van der Waals surface area contributed by atoms with Gasteiger partial charge in [0, 0.05) is 18.5 Å². The number of hydrogen-bond donors (Lipinski definition) is 0. The third-order valence-electron chi connectivity index (χ3n) is 2.50. The van der Waals surface area contributed by atoms with Crippen LogP contribution in [0.15, 0.2) is 17.1 Å². The zero-order chi connectivity index (χ0) is 13.3. The fraction of sp³-hybridized carbons (Fsp3) is 0.333. The number of hydrogen-bond acceptors (Lipinski definition) is 2. The molecule has 0 aliphatic carbocycles. The first kappa shape index (κ1) is 13.6. The standard InChI is InChI=1S/C12H12Cl2N2OS/c1-3-4-10(17)15-12-16(2)11-8(14)5-7(13)6-9(11)18-12/h5-6H,3-4H2,1-2H3. The lowest BCUT2D eigenvalue weighted by Crippen LogP contribution is -2.13. The fourth-order valence-electron chi connectivity index (χ4n) is 1.68.